The van der Waals surface area contributed by atoms with Crippen LogP contribution in [0.3, 0.4) is 0 Å². The molecule has 0 spiro atoms. The lowest BCUT2D eigenvalue weighted by Crippen LogP contribution is -1.98. The van der Waals surface area contributed by atoms with E-state index in [2.05, 4.69) is 4.74 Å². The van der Waals surface area contributed by atoms with Crippen molar-refractivity contribution < 1.29 is 18.7 Å². The summed E-state index contributed by atoms with van der Waals surface area (Å²) in [6, 6.07) is 3.15. The molecule has 14 heavy (non-hydrogen) atoms. The molecule has 0 saturated heterocycles. The Labute approximate surface area is 81.2 Å². The number of hydrogen-bond donors (Lipinski definition) is 0. The van der Waals surface area contributed by atoms with Crippen molar-refractivity contribution in [2.24, 2.45) is 0 Å². The first kappa shape index (κ1) is 10.2. The van der Waals surface area contributed by atoms with E-state index >= 15 is 0 Å². The van der Waals surface area contributed by atoms with Gasteiger partial charge in [-0.3, -0.25) is 0 Å². The minimum Gasteiger partial charge on any atom is -0.463 e. The number of ether oxygens (including phenoxy) is 1. The third kappa shape index (κ3) is 2.58. The summed E-state index contributed by atoms with van der Waals surface area (Å²) < 4.78 is 9.57. The van der Waals surface area contributed by atoms with Gasteiger partial charge in [0, 0.05) is 6.42 Å². The van der Waals surface area contributed by atoms with Crippen LogP contribution in [-0.2, 0) is 9.53 Å². The second kappa shape index (κ2) is 5.01. The molecule has 0 aliphatic heterocycles. The first-order valence-electron chi connectivity index (χ1n) is 4.06. The Bertz CT molecular complexity index is 349. The molecule has 0 atom stereocenters. The predicted molar refractivity (Wildman–Crippen MR) is 49.8 cm³/mol. The van der Waals surface area contributed by atoms with Crippen molar-refractivity contribution in [2.45, 2.75) is 6.42 Å². The fraction of sp³-hybridized carbons (Fsp3) is 0.200. The van der Waals surface area contributed by atoms with Gasteiger partial charge in [-0.05, 0) is 18.2 Å². The maximum Gasteiger partial charge on any atom is 0.373 e. The molecule has 0 N–H and O–H groups in total. The van der Waals surface area contributed by atoms with Crippen molar-refractivity contribution >= 4 is 18.3 Å². The first-order chi connectivity index (χ1) is 6.77. The van der Waals surface area contributed by atoms with Crippen molar-refractivity contribution in [2.75, 3.05) is 7.11 Å². The van der Waals surface area contributed by atoms with Crippen LogP contribution in [-0.4, -0.2) is 19.4 Å². The number of carbonyl (C=O) groups is 2. The SMILES string of the molecule is COC(=O)c1ccc(C=CCC=O)o1. The average molecular weight is 194 g/mol. The molecule has 1 heterocycles. The molecule has 0 aliphatic rings. The van der Waals surface area contributed by atoms with Gasteiger partial charge in [0.2, 0.25) is 5.76 Å². The van der Waals surface area contributed by atoms with E-state index in [0.29, 0.717) is 12.2 Å². The number of esters is 1. The molecule has 1 rings (SSSR count). The number of furan rings is 1. The van der Waals surface area contributed by atoms with Crippen molar-refractivity contribution in [3.63, 3.8) is 0 Å². The molecule has 0 saturated carbocycles. The van der Waals surface area contributed by atoms with Gasteiger partial charge < -0.3 is 13.9 Å². The van der Waals surface area contributed by atoms with Crippen LogP contribution in [0.25, 0.3) is 6.08 Å². The Kier molecular flexibility index (Phi) is 3.67. The zero-order valence-electron chi connectivity index (χ0n) is 7.73. The molecule has 4 nitrogen and oxygen atoms in total. The van der Waals surface area contributed by atoms with Crippen LogP contribution >= 0.6 is 0 Å². The highest BCUT2D eigenvalue weighted by molar-refractivity contribution is 5.86. The van der Waals surface area contributed by atoms with Crippen molar-refractivity contribution in [3.8, 4) is 0 Å². The Morgan fingerprint density at radius 2 is 2.36 bits per heavy atom. The molecule has 0 fully saturated rings. The minimum atomic E-state index is -0.514. The predicted octanol–water partition coefficient (Wildman–Crippen LogP) is 1.67. The minimum absolute atomic E-state index is 0.151. The molecular formula is C10H10O4. The van der Waals surface area contributed by atoms with Crippen LogP contribution in [0, 0.1) is 0 Å². The van der Waals surface area contributed by atoms with Crippen molar-refractivity contribution in [1.82, 2.24) is 0 Å². The lowest BCUT2D eigenvalue weighted by atomic mass is 10.3. The van der Waals surface area contributed by atoms with Crippen LogP contribution in [0.5, 0.6) is 0 Å². The van der Waals surface area contributed by atoms with E-state index in [1.807, 2.05) is 0 Å². The van der Waals surface area contributed by atoms with Gasteiger partial charge in [0.15, 0.2) is 0 Å². The number of allylic oxidation sites excluding steroid dienone is 1. The molecule has 1 aromatic heterocycles. The van der Waals surface area contributed by atoms with Gasteiger partial charge in [-0.1, -0.05) is 6.08 Å². The van der Waals surface area contributed by atoms with E-state index in [1.165, 1.54) is 13.2 Å². The van der Waals surface area contributed by atoms with E-state index in [9.17, 15) is 9.59 Å². The molecule has 74 valence electrons. The first-order valence-corrected chi connectivity index (χ1v) is 4.06. The summed E-state index contributed by atoms with van der Waals surface area (Å²) in [5.74, 6) is 0.158. The highest BCUT2D eigenvalue weighted by Gasteiger charge is 2.08. The molecule has 0 unspecified atom stereocenters. The van der Waals surface area contributed by atoms with E-state index < -0.39 is 5.97 Å². The van der Waals surface area contributed by atoms with Crippen LogP contribution in [0.15, 0.2) is 22.6 Å². The summed E-state index contributed by atoms with van der Waals surface area (Å²) in [5, 5.41) is 0. The summed E-state index contributed by atoms with van der Waals surface area (Å²) in [5.41, 5.74) is 0. The smallest absolute Gasteiger partial charge is 0.373 e. The Balaban J connectivity index is 2.68. The van der Waals surface area contributed by atoms with E-state index in [4.69, 9.17) is 4.42 Å². The zero-order valence-corrected chi connectivity index (χ0v) is 7.73. The normalized spacial score (nSPS) is 10.4. The number of hydrogen-bond acceptors (Lipinski definition) is 4. The third-order valence-corrected chi connectivity index (χ3v) is 1.53. The Hall–Kier alpha value is -1.84. The second-order valence-corrected chi connectivity index (χ2v) is 2.50. The van der Waals surface area contributed by atoms with Crippen LogP contribution in [0.1, 0.15) is 22.7 Å². The van der Waals surface area contributed by atoms with Gasteiger partial charge in [-0.25, -0.2) is 4.79 Å². The van der Waals surface area contributed by atoms with Crippen molar-refractivity contribution in [1.29, 1.82) is 0 Å². The maximum atomic E-state index is 11.0. The topological polar surface area (TPSA) is 56.5 Å². The molecule has 0 bridgehead atoms. The molecule has 0 aliphatic carbocycles. The number of aldehydes is 1. The molecule has 1 aromatic rings. The second-order valence-electron chi connectivity index (χ2n) is 2.50. The van der Waals surface area contributed by atoms with Gasteiger partial charge in [0.1, 0.15) is 12.0 Å². The third-order valence-electron chi connectivity index (χ3n) is 1.53. The van der Waals surface area contributed by atoms with Crippen molar-refractivity contribution in [3.05, 3.63) is 29.7 Å². The van der Waals surface area contributed by atoms with Crippen LogP contribution < -0.4 is 0 Å². The molecular weight excluding hydrogens is 184 g/mol. The summed E-state index contributed by atoms with van der Waals surface area (Å²) in [6.07, 6.45) is 4.38. The van der Waals surface area contributed by atoms with Crippen LogP contribution in [0.2, 0.25) is 0 Å². The number of carbonyl (C=O) groups excluding carboxylic acids is 2. The standard InChI is InChI=1S/C10H10O4/c1-13-10(12)9-6-5-8(14-9)4-2-3-7-11/h2,4-7H,3H2,1H3. The molecule has 4 heteroatoms. The van der Waals surface area contributed by atoms with Crippen LogP contribution in [0.4, 0.5) is 0 Å². The summed E-state index contributed by atoms with van der Waals surface area (Å²) in [6.45, 7) is 0. The zero-order chi connectivity index (χ0) is 10.4. The summed E-state index contributed by atoms with van der Waals surface area (Å²) in [7, 11) is 1.28. The van der Waals surface area contributed by atoms with E-state index in [0.717, 1.165) is 6.29 Å². The van der Waals surface area contributed by atoms with Gasteiger partial charge in [0.25, 0.3) is 0 Å². The average Bonchev–Trinajstić information content (AvgIpc) is 2.66. The quantitative estimate of drug-likeness (QED) is 0.540. The van der Waals surface area contributed by atoms with E-state index in [-0.39, 0.29) is 5.76 Å². The van der Waals surface area contributed by atoms with Gasteiger partial charge in [0.05, 0.1) is 7.11 Å². The molecule has 0 aromatic carbocycles. The number of methoxy groups -OCH3 is 1. The maximum absolute atomic E-state index is 11.0. The molecule has 0 amide bonds. The Morgan fingerprint density at radius 3 is 3.00 bits per heavy atom. The highest BCUT2D eigenvalue weighted by Crippen LogP contribution is 2.10. The lowest BCUT2D eigenvalue weighted by molar-refractivity contribution is -0.107. The molecule has 0 radical (unpaired) electrons. The van der Waals surface area contributed by atoms with E-state index in [1.54, 1.807) is 18.2 Å². The summed E-state index contributed by atoms with van der Waals surface area (Å²) >= 11 is 0. The Morgan fingerprint density at radius 1 is 1.57 bits per heavy atom. The fourth-order valence-electron chi connectivity index (χ4n) is 0.892. The monoisotopic (exact) mass is 194 g/mol. The van der Waals surface area contributed by atoms with Gasteiger partial charge in [-0.15, -0.1) is 0 Å². The van der Waals surface area contributed by atoms with Gasteiger partial charge in [-0.2, -0.15) is 0 Å². The lowest BCUT2D eigenvalue weighted by Gasteiger charge is -1.91. The number of rotatable bonds is 4. The van der Waals surface area contributed by atoms with Gasteiger partial charge >= 0.3 is 5.97 Å². The highest BCUT2D eigenvalue weighted by atomic mass is 16.5. The summed E-state index contributed by atoms with van der Waals surface area (Å²) in [4.78, 5) is 21.0. The fourth-order valence-corrected chi connectivity index (χ4v) is 0.892. The largest absolute Gasteiger partial charge is 0.463 e.